The van der Waals surface area contributed by atoms with Crippen molar-refractivity contribution in [1.29, 1.82) is 0 Å². The molecule has 1 aromatic carbocycles. The lowest BCUT2D eigenvalue weighted by Gasteiger charge is -2.12. The maximum absolute atomic E-state index is 12.2. The van der Waals surface area contributed by atoms with Crippen LogP contribution in [0, 0.1) is 0 Å². The Balaban J connectivity index is 1.85. The number of hydrogen-bond donors (Lipinski definition) is 2. The SMILES string of the molecule is O=C(Nc1ccc(SC(F)(F)F)cc1)N[C@H]1CCOC1. The monoisotopic (exact) mass is 306 g/mol. The average Bonchev–Trinajstić information content (AvgIpc) is 2.82. The molecule has 0 radical (unpaired) electrons. The van der Waals surface area contributed by atoms with Crippen LogP contribution in [0.4, 0.5) is 23.7 Å². The molecular weight excluding hydrogens is 293 g/mol. The molecule has 0 unspecified atom stereocenters. The van der Waals surface area contributed by atoms with Crippen LogP contribution in [-0.4, -0.2) is 30.8 Å². The fourth-order valence-electron chi connectivity index (χ4n) is 1.74. The number of carbonyl (C=O) groups is 1. The highest BCUT2D eigenvalue weighted by Gasteiger charge is 2.29. The number of hydrogen-bond acceptors (Lipinski definition) is 3. The molecule has 4 nitrogen and oxygen atoms in total. The fraction of sp³-hybridized carbons (Fsp3) is 0.417. The third-order valence-corrected chi connectivity index (χ3v) is 3.35. The number of alkyl halides is 3. The standard InChI is InChI=1S/C12H13F3N2O2S/c13-12(14,15)20-10-3-1-8(2-4-10)16-11(18)17-9-5-6-19-7-9/h1-4,9H,5-7H2,(H2,16,17,18)/t9-/m0/s1. The number of amides is 2. The zero-order valence-electron chi connectivity index (χ0n) is 10.4. The van der Waals surface area contributed by atoms with E-state index >= 15 is 0 Å². The highest BCUT2D eigenvalue weighted by atomic mass is 32.2. The van der Waals surface area contributed by atoms with Crippen molar-refractivity contribution >= 4 is 23.5 Å². The minimum atomic E-state index is -4.31. The van der Waals surface area contributed by atoms with Crippen molar-refractivity contribution in [3.63, 3.8) is 0 Å². The number of benzene rings is 1. The van der Waals surface area contributed by atoms with Crippen LogP contribution >= 0.6 is 11.8 Å². The Labute approximate surface area is 118 Å². The van der Waals surface area contributed by atoms with Crippen molar-refractivity contribution in [3.05, 3.63) is 24.3 Å². The molecule has 1 aromatic rings. The molecule has 8 heteroatoms. The summed E-state index contributed by atoms with van der Waals surface area (Å²) in [5.74, 6) is 0. The molecule has 0 bridgehead atoms. The first-order valence-electron chi connectivity index (χ1n) is 5.93. The van der Waals surface area contributed by atoms with Crippen LogP contribution in [0.5, 0.6) is 0 Å². The summed E-state index contributed by atoms with van der Waals surface area (Å²) in [6.07, 6.45) is 0.759. The number of ether oxygens (including phenoxy) is 1. The van der Waals surface area contributed by atoms with Gasteiger partial charge in [0.25, 0.3) is 0 Å². The third-order valence-electron chi connectivity index (χ3n) is 2.61. The van der Waals surface area contributed by atoms with Crippen molar-refractivity contribution in [2.24, 2.45) is 0 Å². The number of thioether (sulfide) groups is 1. The summed E-state index contributed by atoms with van der Waals surface area (Å²) in [7, 11) is 0. The molecule has 1 aliphatic rings. The highest BCUT2D eigenvalue weighted by molar-refractivity contribution is 8.00. The summed E-state index contributed by atoms with van der Waals surface area (Å²) in [6.45, 7) is 1.10. The number of carbonyl (C=O) groups excluding carboxylic acids is 1. The first-order chi connectivity index (χ1) is 9.42. The predicted molar refractivity (Wildman–Crippen MR) is 69.7 cm³/mol. The van der Waals surface area contributed by atoms with Gasteiger partial charge in [0.1, 0.15) is 0 Å². The first-order valence-corrected chi connectivity index (χ1v) is 6.75. The summed E-state index contributed by atoms with van der Waals surface area (Å²) in [6, 6.07) is 5.07. The summed E-state index contributed by atoms with van der Waals surface area (Å²) in [5.41, 5.74) is -3.87. The van der Waals surface area contributed by atoms with E-state index in [0.717, 1.165) is 6.42 Å². The summed E-state index contributed by atoms with van der Waals surface area (Å²) in [5, 5.41) is 5.28. The van der Waals surface area contributed by atoms with E-state index in [-0.39, 0.29) is 22.7 Å². The Kier molecular flexibility index (Phi) is 4.77. The van der Waals surface area contributed by atoms with Crippen LogP contribution in [-0.2, 0) is 4.74 Å². The molecule has 0 spiro atoms. The van der Waals surface area contributed by atoms with Crippen LogP contribution in [0.25, 0.3) is 0 Å². The minimum Gasteiger partial charge on any atom is -0.379 e. The first kappa shape index (κ1) is 15.0. The Hall–Kier alpha value is -1.41. The van der Waals surface area contributed by atoms with Gasteiger partial charge in [-0.2, -0.15) is 13.2 Å². The molecule has 1 fully saturated rings. The fourth-order valence-corrected chi connectivity index (χ4v) is 2.28. The van der Waals surface area contributed by atoms with Gasteiger partial charge in [-0.05, 0) is 42.4 Å². The second-order valence-electron chi connectivity index (χ2n) is 4.23. The second-order valence-corrected chi connectivity index (χ2v) is 5.37. The lowest BCUT2D eigenvalue weighted by molar-refractivity contribution is -0.0328. The van der Waals surface area contributed by atoms with Gasteiger partial charge in [0.15, 0.2) is 0 Å². The Morgan fingerprint density at radius 3 is 2.55 bits per heavy atom. The maximum Gasteiger partial charge on any atom is 0.446 e. The van der Waals surface area contributed by atoms with Crippen LogP contribution in [0.15, 0.2) is 29.2 Å². The summed E-state index contributed by atoms with van der Waals surface area (Å²) in [4.78, 5) is 11.7. The second kappa shape index (κ2) is 6.36. The topological polar surface area (TPSA) is 50.4 Å². The zero-order chi connectivity index (χ0) is 14.6. The van der Waals surface area contributed by atoms with Crippen LogP contribution in [0.2, 0.25) is 0 Å². The van der Waals surface area contributed by atoms with Crippen molar-refractivity contribution in [2.75, 3.05) is 18.5 Å². The van der Waals surface area contributed by atoms with Crippen LogP contribution < -0.4 is 10.6 Å². The molecule has 110 valence electrons. The molecule has 1 atom stereocenters. The van der Waals surface area contributed by atoms with Gasteiger partial charge in [0, 0.05) is 17.2 Å². The minimum absolute atomic E-state index is 0.0185. The molecule has 2 amide bonds. The van der Waals surface area contributed by atoms with E-state index in [1.807, 2.05) is 0 Å². The Bertz CT molecular complexity index is 459. The van der Waals surface area contributed by atoms with E-state index in [1.165, 1.54) is 24.3 Å². The molecule has 1 saturated heterocycles. The van der Waals surface area contributed by atoms with Crippen molar-refractivity contribution in [2.45, 2.75) is 22.9 Å². The molecule has 0 aromatic heterocycles. The lowest BCUT2D eigenvalue weighted by atomic mass is 10.3. The van der Waals surface area contributed by atoms with Gasteiger partial charge in [-0.25, -0.2) is 4.79 Å². The quantitative estimate of drug-likeness (QED) is 0.843. The normalized spacial score (nSPS) is 18.9. The molecule has 0 aliphatic carbocycles. The maximum atomic E-state index is 12.2. The van der Waals surface area contributed by atoms with Crippen molar-refractivity contribution in [3.8, 4) is 0 Å². The Morgan fingerprint density at radius 1 is 1.30 bits per heavy atom. The molecule has 2 rings (SSSR count). The molecular formula is C12H13F3N2O2S. The van der Waals surface area contributed by atoms with E-state index in [9.17, 15) is 18.0 Å². The Morgan fingerprint density at radius 2 is 2.00 bits per heavy atom. The van der Waals surface area contributed by atoms with Gasteiger partial charge >= 0.3 is 11.5 Å². The van der Waals surface area contributed by atoms with Gasteiger partial charge in [-0.15, -0.1) is 0 Å². The zero-order valence-corrected chi connectivity index (χ0v) is 11.2. The number of nitrogens with one attached hydrogen (secondary N) is 2. The predicted octanol–water partition coefficient (Wildman–Crippen LogP) is 3.21. The van der Waals surface area contributed by atoms with E-state index in [4.69, 9.17) is 4.74 Å². The van der Waals surface area contributed by atoms with E-state index in [2.05, 4.69) is 10.6 Å². The van der Waals surface area contributed by atoms with E-state index in [0.29, 0.717) is 18.9 Å². The molecule has 0 saturated carbocycles. The number of halogens is 3. The molecule has 20 heavy (non-hydrogen) atoms. The number of rotatable bonds is 3. The smallest absolute Gasteiger partial charge is 0.379 e. The van der Waals surface area contributed by atoms with E-state index < -0.39 is 11.5 Å². The van der Waals surface area contributed by atoms with E-state index in [1.54, 1.807) is 0 Å². The summed E-state index contributed by atoms with van der Waals surface area (Å²) >= 11 is -0.190. The van der Waals surface area contributed by atoms with Gasteiger partial charge in [-0.1, -0.05) is 0 Å². The third kappa shape index (κ3) is 4.93. The highest BCUT2D eigenvalue weighted by Crippen LogP contribution is 2.36. The largest absolute Gasteiger partial charge is 0.446 e. The van der Waals surface area contributed by atoms with Crippen molar-refractivity contribution < 1.29 is 22.7 Å². The molecule has 1 aliphatic heterocycles. The van der Waals surface area contributed by atoms with Crippen molar-refractivity contribution in [1.82, 2.24) is 5.32 Å². The number of urea groups is 1. The van der Waals surface area contributed by atoms with Gasteiger partial charge in [-0.3, -0.25) is 0 Å². The average molecular weight is 306 g/mol. The lowest BCUT2D eigenvalue weighted by Crippen LogP contribution is -2.38. The summed E-state index contributed by atoms with van der Waals surface area (Å²) < 4.78 is 41.6. The number of anilines is 1. The molecule has 2 N–H and O–H groups in total. The molecule has 1 heterocycles. The van der Waals surface area contributed by atoms with Gasteiger partial charge < -0.3 is 15.4 Å². The van der Waals surface area contributed by atoms with Gasteiger partial charge in [0.2, 0.25) is 0 Å². The van der Waals surface area contributed by atoms with Gasteiger partial charge in [0.05, 0.1) is 12.6 Å². The van der Waals surface area contributed by atoms with Crippen LogP contribution in [0.3, 0.4) is 0 Å². The van der Waals surface area contributed by atoms with Crippen LogP contribution in [0.1, 0.15) is 6.42 Å².